The molecule has 0 aromatic carbocycles. The fourth-order valence-corrected chi connectivity index (χ4v) is 0.407. The standard InChI is InChI=1S/C6H12O2.Ag/c1-5(2)3-4-6(7)8;/h5H,3-4H2,1-2H3,(H,7,8);/q;+1/p-1. The van der Waals surface area contributed by atoms with Crippen LogP contribution in [-0.2, 0) is 27.2 Å². The molecule has 0 amide bonds. The third-order valence-corrected chi connectivity index (χ3v) is 0.926. The monoisotopic (exact) mass is 222 g/mol. The minimum absolute atomic E-state index is 0. The van der Waals surface area contributed by atoms with E-state index in [2.05, 4.69) is 0 Å². The van der Waals surface area contributed by atoms with Gasteiger partial charge in [0.05, 0.1) is 0 Å². The largest absolute Gasteiger partial charge is 1.00 e. The number of hydrogen-bond donors (Lipinski definition) is 0. The van der Waals surface area contributed by atoms with Gasteiger partial charge in [-0.05, 0) is 18.8 Å². The Morgan fingerprint density at radius 3 is 2.11 bits per heavy atom. The summed E-state index contributed by atoms with van der Waals surface area (Å²) < 4.78 is 0. The summed E-state index contributed by atoms with van der Waals surface area (Å²) in [6.45, 7) is 3.98. The van der Waals surface area contributed by atoms with Crippen LogP contribution in [0.15, 0.2) is 0 Å². The Morgan fingerprint density at radius 1 is 1.56 bits per heavy atom. The molecule has 0 fully saturated rings. The molecule has 0 aliphatic heterocycles. The molecule has 0 spiro atoms. The van der Waals surface area contributed by atoms with Gasteiger partial charge in [0.15, 0.2) is 0 Å². The Hall–Kier alpha value is 0.210. The van der Waals surface area contributed by atoms with Crippen LogP contribution in [0.3, 0.4) is 0 Å². The Labute approximate surface area is 71.2 Å². The molecule has 0 aromatic heterocycles. The summed E-state index contributed by atoms with van der Waals surface area (Å²) >= 11 is 0. The topological polar surface area (TPSA) is 40.1 Å². The predicted molar refractivity (Wildman–Crippen MR) is 29.1 cm³/mol. The van der Waals surface area contributed by atoms with E-state index in [0.29, 0.717) is 5.92 Å². The van der Waals surface area contributed by atoms with E-state index in [1.807, 2.05) is 13.8 Å². The molecular formula is C6H11AgO2. The van der Waals surface area contributed by atoms with Crippen molar-refractivity contribution in [2.24, 2.45) is 5.92 Å². The van der Waals surface area contributed by atoms with Crippen LogP contribution in [0.5, 0.6) is 0 Å². The number of carbonyl (C=O) groups excluding carboxylic acids is 1. The molecule has 0 rings (SSSR count). The number of carboxylic acids is 1. The second-order valence-electron chi connectivity index (χ2n) is 2.30. The predicted octanol–water partition coefficient (Wildman–Crippen LogP) is 0.170. The smallest absolute Gasteiger partial charge is 0.550 e. The van der Waals surface area contributed by atoms with E-state index in [1.54, 1.807) is 0 Å². The molecule has 3 heteroatoms. The molecule has 0 heterocycles. The molecule has 0 N–H and O–H groups in total. The molecule has 0 saturated heterocycles. The summed E-state index contributed by atoms with van der Waals surface area (Å²) in [5.74, 6) is -0.480. The maximum Gasteiger partial charge on any atom is 1.00 e. The molecule has 0 aromatic rings. The van der Waals surface area contributed by atoms with Crippen LogP contribution < -0.4 is 5.11 Å². The average molecular weight is 223 g/mol. The van der Waals surface area contributed by atoms with Gasteiger partial charge in [-0.3, -0.25) is 0 Å². The number of aliphatic carboxylic acids is 1. The van der Waals surface area contributed by atoms with E-state index in [4.69, 9.17) is 0 Å². The Kier molecular flexibility index (Phi) is 8.40. The zero-order valence-electron chi connectivity index (χ0n) is 5.61. The van der Waals surface area contributed by atoms with Crippen molar-refractivity contribution in [3.63, 3.8) is 0 Å². The average Bonchev–Trinajstić information content (AvgIpc) is 1.61. The van der Waals surface area contributed by atoms with Gasteiger partial charge in [0, 0.05) is 5.97 Å². The van der Waals surface area contributed by atoms with Crippen molar-refractivity contribution in [2.75, 3.05) is 0 Å². The van der Waals surface area contributed by atoms with Gasteiger partial charge in [0.1, 0.15) is 0 Å². The first-order valence-electron chi connectivity index (χ1n) is 2.82. The number of carbonyl (C=O) groups is 1. The summed E-state index contributed by atoms with van der Waals surface area (Å²) in [6, 6.07) is 0. The fourth-order valence-electron chi connectivity index (χ4n) is 0.407. The molecule has 58 valence electrons. The summed E-state index contributed by atoms with van der Waals surface area (Å²) in [7, 11) is 0. The summed E-state index contributed by atoms with van der Waals surface area (Å²) in [5.41, 5.74) is 0. The first-order chi connectivity index (χ1) is 3.63. The minimum atomic E-state index is -0.946. The van der Waals surface area contributed by atoms with Gasteiger partial charge in [-0.25, -0.2) is 0 Å². The molecule has 0 aliphatic carbocycles. The van der Waals surface area contributed by atoms with E-state index in [-0.39, 0.29) is 28.8 Å². The molecule has 0 unspecified atom stereocenters. The normalized spacial score (nSPS) is 8.78. The molecule has 2 nitrogen and oxygen atoms in total. The van der Waals surface area contributed by atoms with Crippen LogP contribution in [-0.4, -0.2) is 5.97 Å². The van der Waals surface area contributed by atoms with Crippen LogP contribution in [0.25, 0.3) is 0 Å². The maximum atomic E-state index is 9.79. The van der Waals surface area contributed by atoms with Crippen LogP contribution >= 0.6 is 0 Å². The van der Waals surface area contributed by atoms with Crippen LogP contribution in [0, 0.1) is 5.92 Å². The number of rotatable bonds is 3. The molecule has 9 heavy (non-hydrogen) atoms. The first-order valence-corrected chi connectivity index (χ1v) is 2.82. The first kappa shape index (κ1) is 11.9. The van der Waals surface area contributed by atoms with Crippen molar-refractivity contribution in [1.29, 1.82) is 0 Å². The second kappa shape index (κ2) is 6.33. The van der Waals surface area contributed by atoms with E-state index >= 15 is 0 Å². The fraction of sp³-hybridized carbons (Fsp3) is 0.833. The quantitative estimate of drug-likeness (QED) is 0.640. The van der Waals surface area contributed by atoms with E-state index < -0.39 is 5.97 Å². The van der Waals surface area contributed by atoms with Crippen molar-refractivity contribution in [3.8, 4) is 0 Å². The van der Waals surface area contributed by atoms with Gasteiger partial charge in [-0.1, -0.05) is 13.8 Å². The van der Waals surface area contributed by atoms with Gasteiger partial charge in [-0.15, -0.1) is 0 Å². The van der Waals surface area contributed by atoms with Crippen molar-refractivity contribution in [3.05, 3.63) is 0 Å². The van der Waals surface area contributed by atoms with Crippen LogP contribution in [0.4, 0.5) is 0 Å². The van der Waals surface area contributed by atoms with E-state index in [9.17, 15) is 9.90 Å². The number of hydrogen-bond acceptors (Lipinski definition) is 2. The zero-order chi connectivity index (χ0) is 6.57. The molecular weight excluding hydrogens is 212 g/mol. The summed E-state index contributed by atoms with van der Waals surface area (Å²) in [4.78, 5) is 9.79. The third-order valence-electron chi connectivity index (χ3n) is 0.926. The van der Waals surface area contributed by atoms with Crippen molar-refractivity contribution in [1.82, 2.24) is 0 Å². The van der Waals surface area contributed by atoms with Crippen LogP contribution in [0.1, 0.15) is 26.7 Å². The summed E-state index contributed by atoms with van der Waals surface area (Å²) in [5, 5.41) is 9.79. The molecule has 0 aliphatic rings. The van der Waals surface area contributed by atoms with E-state index in [0.717, 1.165) is 6.42 Å². The van der Waals surface area contributed by atoms with Gasteiger partial charge in [-0.2, -0.15) is 0 Å². The Morgan fingerprint density at radius 2 is 2.00 bits per heavy atom. The van der Waals surface area contributed by atoms with Crippen molar-refractivity contribution in [2.45, 2.75) is 26.7 Å². The summed E-state index contributed by atoms with van der Waals surface area (Å²) in [6.07, 6.45) is 0.917. The molecule has 0 radical (unpaired) electrons. The molecule has 0 saturated carbocycles. The zero-order valence-corrected chi connectivity index (χ0v) is 7.09. The maximum absolute atomic E-state index is 9.79. The van der Waals surface area contributed by atoms with Crippen LogP contribution in [0.2, 0.25) is 0 Å². The minimum Gasteiger partial charge on any atom is -0.550 e. The SMILES string of the molecule is CC(C)CCC(=O)[O-].[Ag+]. The van der Waals surface area contributed by atoms with Gasteiger partial charge in [0.2, 0.25) is 0 Å². The molecule has 0 bridgehead atoms. The van der Waals surface area contributed by atoms with E-state index in [1.165, 1.54) is 0 Å². The Bertz CT molecular complexity index is 81.1. The van der Waals surface area contributed by atoms with Gasteiger partial charge < -0.3 is 9.90 Å². The van der Waals surface area contributed by atoms with Gasteiger partial charge in [0.25, 0.3) is 0 Å². The molecule has 0 atom stereocenters. The second-order valence-corrected chi connectivity index (χ2v) is 2.30. The third kappa shape index (κ3) is 11.7. The van der Waals surface area contributed by atoms with Crippen molar-refractivity contribution >= 4 is 5.97 Å². The number of carboxylic acid groups (broad SMARTS) is 1. The van der Waals surface area contributed by atoms with Gasteiger partial charge >= 0.3 is 22.4 Å². The Balaban J connectivity index is 0. The van der Waals surface area contributed by atoms with Crippen molar-refractivity contribution < 1.29 is 32.3 Å².